The molecular weight excluding hydrogens is 330 g/mol. The molecule has 2 N–H and O–H groups in total. The van der Waals surface area contributed by atoms with Gasteiger partial charge in [0.2, 0.25) is 0 Å². The summed E-state index contributed by atoms with van der Waals surface area (Å²) in [5.74, 6) is 1.72. The van der Waals surface area contributed by atoms with Crippen molar-refractivity contribution < 1.29 is 9.47 Å². The first kappa shape index (κ1) is 14.4. The van der Waals surface area contributed by atoms with Gasteiger partial charge in [-0.1, -0.05) is 34.1 Å². The quantitative estimate of drug-likeness (QED) is 0.896. The van der Waals surface area contributed by atoms with E-state index in [1.165, 1.54) is 0 Å². The molecule has 1 aliphatic rings. The van der Waals surface area contributed by atoms with Crippen LogP contribution in [-0.4, -0.2) is 6.61 Å². The number of hydrogen-bond donors (Lipinski definition) is 1. The molecule has 0 aliphatic carbocycles. The summed E-state index contributed by atoms with van der Waals surface area (Å²) in [6, 6.07) is 14.0. The van der Waals surface area contributed by atoms with Gasteiger partial charge in [0.05, 0.1) is 6.61 Å². The Hall–Kier alpha value is -1.52. The van der Waals surface area contributed by atoms with Crippen LogP contribution in [0.4, 0.5) is 0 Å². The van der Waals surface area contributed by atoms with Gasteiger partial charge in [0.25, 0.3) is 0 Å². The van der Waals surface area contributed by atoms with Gasteiger partial charge < -0.3 is 15.2 Å². The van der Waals surface area contributed by atoms with E-state index in [0.717, 1.165) is 33.5 Å². The molecule has 1 aliphatic heterocycles. The summed E-state index contributed by atoms with van der Waals surface area (Å²) < 4.78 is 12.7. The summed E-state index contributed by atoms with van der Waals surface area (Å²) in [5.41, 5.74) is 8.46. The molecule has 2 aromatic rings. The van der Waals surface area contributed by atoms with Crippen LogP contribution < -0.4 is 15.2 Å². The molecule has 21 heavy (non-hydrogen) atoms. The Balaban J connectivity index is 1.89. The van der Waals surface area contributed by atoms with Crippen molar-refractivity contribution in [1.29, 1.82) is 0 Å². The van der Waals surface area contributed by atoms with E-state index < -0.39 is 0 Å². The molecule has 2 aromatic carbocycles. The first-order valence-electron chi connectivity index (χ1n) is 7.12. The van der Waals surface area contributed by atoms with Crippen LogP contribution in [0.2, 0.25) is 0 Å². The Labute approximate surface area is 133 Å². The molecule has 0 fully saturated rings. The van der Waals surface area contributed by atoms with Gasteiger partial charge in [0.15, 0.2) is 0 Å². The van der Waals surface area contributed by atoms with Crippen molar-refractivity contribution in [1.82, 2.24) is 0 Å². The highest BCUT2D eigenvalue weighted by Gasteiger charge is 2.27. The van der Waals surface area contributed by atoms with Gasteiger partial charge in [-0.05, 0) is 36.8 Å². The van der Waals surface area contributed by atoms with E-state index in [-0.39, 0.29) is 12.1 Å². The van der Waals surface area contributed by atoms with Gasteiger partial charge >= 0.3 is 0 Å². The molecule has 3 rings (SSSR count). The first-order chi connectivity index (χ1) is 10.2. The summed E-state index contributed by atoms with van der Waals surface area (Å²) in [6.45, 7) is 2.64. The molecule has 2 atom stereocenters. The molecule has 0 amide bonds. The maximum Gasteiger partial charge on any atom is 0.126 e. The zero-order chi connectivity index (χ0) is 14.8. The molecule has 1 heterocycles. The number of rotatable bonds is 3. The molecule has 0 bridgehead atoms. The fourth-order valence-corrected chi connectivity index (χ4v) is 2.99. The third-order valence-corrected chi connectivity index (χ3v) is 4.15. The average molecular weight is 348 g/mol. The molecular formula is C17H18BrNO2. The molecule has 3 nitrogen and oxygen atoms in total. The fraction of sp³-hybridized carbons (Fsp3) is 0.294. The summed E-state index contributed by atoms with van der Waals surface area (Å²) in [4.78, 5) is 0. The van der Waals surface area contributed by atoms with E-state index >= 15 is 0 Å². The second-order valence-corrected chi connectivity index (χ2v) is 6.05. The fourth-order valence-electron chi connectivity index (χ4n) is 2.65. The topological polar surface area (TPSA) is 44.5 Å². The molecule has 0 aromatic heterocycles. The van der Waals surface area contributed by atoms with E-state index in [1.807, 2.05) is 43.3 Å². The second kappa shape index (κ2) is 6.08. The van der Waals surface area contributed by atoms with Crippen molar-refractivity contribution in [3.8, 4) is 11.5 Å². The van der Waals surface area contributed by atoms with Crippen LogP contribution in [-0.2, 0) is 0 Å². The minimum Gasteiger partial charge on any atom is -0.494 e. The minimum atomic E-state index is -0.0396. The molecule has 0 saturated carbocycles. The monoisotopic (exact) mass is 347 g/mol. The standard InChI is InChI=1S/C17H18BrNO2/c1-2-20-13-5-3-4-11(8-13)16-10-15(19)14-7-6-12(18)9-17(14)21-16/h3-9,15-16H,2,10,19H2,1H3. The van der Waals surface area contributed by atoms with Crippen LogP contribution in [0.25, 0.3) is 0 Å². The zero-order valence-corrected chi connectivity index (χ0v) is 13.5. The average Bonchev–Trinajstić information content (AvgIpc) is 2.47. The SMILES string of the molecule is CCOc1cccc(C2CC(N)c3ccc(Br)cc3O2)c1. The second-order valence-electron chi connectivity index (χ2n) is 5.14. The lowest BCUT2D eigenvalue weighted by Gasteiger charge is -2.30. The lowest BCUT2D eigenvalue weighted by Crippen LogP contribution is -2.24. The number of halogens is 1. The molecule has 0 saturated heterocycles. The number of ether oxygens (including phenoxy) is 2. The highest BCUT2D eigenvalue weighted by atomic mass is 79.9. The third-order valence-electron chi connectivity index (χ3n) is 3.65. The van der Waals surface area contributed by atoms with Crippen molar-refractivity contribution in [3.63, 3.8) is 0 Å². The predicted molar refractivity (Wildman–Crippen MR) is 86.7 cm³/mol. The maximum atomic E-state index is 6.29. The van der Waals surface area contributed by atoms with E-state index in [1.54, 1.807) is 0 Å². The van der Waals surface area contributed by atoms with Crippen LogP contribution in [0, 0.1) is 0 Å². The highest BCUT2D eigenvalue weighted by molar-refractivity contribution is 9.10. The summed E-state index contributed by atoms with van der Waals surface area (Å²) in [7, 11) is 0. The smallest absolute Gasteiger partial charge is 0.126 e. The maximum absolute atomic E-state index is 6.29. The van der Waals surface area contributed by atoms with Crippen LogP contribution >= 0.6 is 15.9 Å². The molecule has 0 spiro atoms. The predicted octanol–water partition coefficient (Wildman–Crippen LogP) is 4.37. The van der Waals surface area contributed by atoms with Crippen molar-refractivity contribution in [3.05, 3.63) is 58.1 Å². The van der Waals surface area contributed by atoms with Crippen LogP contribution in [0.15, 0.2) is 46.9 Å². The Morgan fingerprint density at radius 1 is 1.29 bits per heavy atom. The van der Waals surface area contributed by atoms with E-state index in [4.69, 9.17) is 15.2 Å². The summed E-state index contributed by atoms with van der Waals surface area (Å²) >= 11 is 3.48. The summed E-state index contributed by atoms with van der Waals surface area (Å²) in [5, 5.41) is 0. The van der Waals surface area contributed by atoms with Gasteiger partial charge in [-0.15, -0.1) is 0 Å². The van der Waals surface area contributed by atoms with Crippen molar-refractivity contribution in [2.24, 2.45) is 5.73 Å². The minimum absolute atomic E-state index is 0.0115. The van der Waals surface area contributed by atoms with E-state index in [0.29, 0.717) is 6.61 Å². The summed E-state index contributed by atoms with van der Waals surface area (Å²) in [6.07, 6.45) is 0.728. The normalized spacial score (nSPS) is 20.5. The zero-order valence-electron chi connectivity index (χ0n) is 11.9. The third kappa shape index (κ3) is 3.06. The number of benzene rings is 2. The van der Waals surface area contributed by atoms with Crippen molar-refractivity contribution in [2.75, 3.05) is 6.61 Å². The van der Waals surface area contributed by atoms with Gasteiger partial charge in [-0.25, -0.2) is 0 Å². The number of fused-ring (bicyclic) bond motifs is 1. The Morgan fingerprint density at radius 3 is 2.95 bits per heavy atom. The van der Waals surface area contributed by atoms with Gasteiger partial charge in [-0.2, -0.15) is 0 Å². The lowest BCUT2D eigenvalue weighted by molar-refractivity contribution is 0.161. The number of hydrogen-bond acceptors (Lipinski definition) is 3. The number of nitrogens with two attached hydrogens (primary N) is 1. The van der Waals surface area contributed by atoms with Gasteiger partial charge in [0, 0.05) is 22.5 Å². The Bertz CT molecular complexity index is 644. The molecule has 2 unspecified atom stereocenters. The lowest BCUT2D eigenvalue weighted by atomic mass is 9.93. The molecule has 110 valence electrons. The van der Waals surface area contributed by atoms with Crippen molar-refractivity contribution >= 4 is 15.9 Å². The Kier molecular flexibility index (Phi) is 4.17. The highest BCUT2D eigenvalue weighted by Crippen LogP contribution is 2.41. The van der Waals surface area contributed by atoms with Gasteiger partial charge in [-0.3, -0.25) is 0 Å². The first-order valence-corrected chi connectivity index (χ1v) is 7.91. The van der Waals surface area contributed by atoms with Crippen LogP contribution in [0.1, 0.15) is 36.6 Å². The molecule has 4 heteroatoms. The van der Waals surface area contributed by atoms with Crippen LogP contribution in [0.5, 0.6) is 11.5 Å². The Morgan fingerprint density at radius 2 is 2.14 bits per heavy atom. The van der Waals surface area contributed by atoms with E-state index in [2.05, 4.69) is 22.0 Å². The van der Waals surface area contributed by atoms with E-state index in [9.17, 15) is 0 Å². The van der Waals surface area contributed by atoms with Crippen LogP contribution in [0.3, 0.4) is 0 Å². The molecule has 0 radical (unpaired) electrons. The van der Waals surface area contributed by atoms with Gasteiger partial charge in [0.1, 0.15) is 17.6 Å². The largest absolute Gasteiger partial charge is 0.494 e. The van der Waals surface area contributed by atoms with Crippen molar-refractivity contribution in [2.45, 2.75) is 25.5 Å².